The largest absolute Gasteiger partial charge is 0.444 e. The summed E-state index contributed by atoms with van der Waals surface area (Å²) in [6, 6.07) is 15.6. The molecule has 0 unspecified atom stereocenters. The zero-order valence-corrected chi connectivity index (χ0v) is 23.1. The molecule has 2 N–H and O–H groups in total. The second-order valence-corrected chi connectivity index (χ2v) is 12.2. The van der Waals surface area contributed by atoms with Crippen LogP contribution in [0.1, 0.15) is 58.4 Å². The van der Waals surface area contributed by atoms with E-state index < -0.39 is 33.4 Å². The lowest BCUT2D eigenvalue weighted by molar-refractivity contribution is -0.129. The number of hydrogen-bond donors (Lipinski definition) is 2. The number of carbonyl (C=O) groups excluding carboxylic acids is 2. The van der Waals surface area contributed by atoms with E-state index in [0.29, 0.717) is 19.3 Å². The van der Waals surface area contributed by atoms with Gasteiger partial charge >= 0.3 is 16.2 Å². The molecule has 1 saturated carbocycles. The molecule has 1 fully saturated rings. The van der Waals surface area contributed by atoms with Gasteiger partial charge in [0.1, 0.15) is 22.9 Å². The second kappa shape index (κ2) is 11.9. The van der Waals surface area contributed by atoms with Crippen molar-refractivity contribution in [1.82, 2.24) is 10.6 Å². The smallest absolute Gasteiger partial charge is 0.408 e. The zero-order valence-electron chi connectivity index (χ0n) is 22.2. The first-order chi connectivity index (χ1) is 17.8. The van der Waals surface area contributed by atoms with Gasteiger partial charge in [-0.2, -0.15) is 13.7 Å². The molecule has 2 amide bonds. The third-order valence-electron chi connectivity index (χ3n) is 6.17. The summed E-state index contributed by atoms with van der Waals surface area (Å²) >= 11 is 0. The highest BCUT2D eigenvalue weighted by molar-refractivity contribution is 7.86. The molecule has 0 heterocycles. The van der Waals surface area contributed by atoms with Crippen molar-refractivity contribution in [1.29, 1.82) is 5.26 Å². The Morgan fingerprint density at radius 1 is 1.00 bits per heavy atom. The van der Waals surface area contributed by atoms with Crippen LogP contribution < -0.4 is 14.8 Å². The fraction of sp³-hybridized carbons (Fsp3) is 0.464. The van der Waals surface area contributed by atoms with E-state index in [1.807, 2.05) is 24.3 Å². The van der Waals surface area contributed by atoms with E-state index in [4.69, 9.17) is 8.92 Å². The van der Waals surface area contributed by atoms with Crippen molar-refractivity contribution in [2.24, 2.45) is 0 Å². The lowest BCUT2D eigenvalue weighted by atomic mass is 9.80. The molecule has 3 rings (SSSR count). The lowest BCUT2D eigenvalue weighted by Crippen LogP contribution is -2.61. The Labute approximate surface area is 224 Å². The number of nitrogens with zero attached hydrogens (tertiary/aromatic N) is 1. The van der Waals surface area contributed by atoms with Gasteiger partial charge in [0.2, 0.25) is 5.91 Å². The quantitative estimate of drug-likeness (QED) is 0.471. The molecule has 38 heavy (non-hydrogen) atoms. The Balaban J connectivity index is 1.66. The van der Waals surface area contributed by atoms with Crippen LogP contribution >= 0.6 is 0 Å². The molecule has 1 aliphatic carbocycles. The van der Waals surface area contributed by atoms with E-state index >= 15 is 0 Å². The lowest BCUT2D eigenvalue weighted by Gasteiger charge is -2.37. The maximum atomic E-state index is 13.4. The molecular formula is C28H35N3O6S. The SMILES string of the molecule is CC(C)(C)OC(=O)NC1(C(=O)N[C@H](C#N)Cc2ccc(-c3ccc(OS(C)(=O)=O)cc3)cc2)CCCCC1. The van der Waals surface area contributed by atoms with Gasteiger partial charge in [-0.15, -0.1) is 0 Å². The molecule has 9 nitrogen and oxygen atoms in total. The Kier molecular flexibility index (Phi) is 9.05. The minimum atomic E-state index is -3.59. The van der Waals surface area contributed by atoms with Crippen LogP contribution in [0, 0.1) is 11.3 Å². The summed E-state index contributed by atoms with van der Waals surface area (Å²) in [5.41, 5.74) is 0.835. The van der Waals surface area contributed by atoms with Crippen LogP contribution in [-0.2, 0) is 26.1 Å². The van der Waals surface area contributed by atoms with Gasteiger partial charge in [0.05, 0.1) is 12.3 Å². The first kappa shape index (κ1) is 29.0. The maximum Gasteiger partial charge on any atom is 0.408 e. The van der Waals surface area contributed by atoms with Gasteiger partial charge in [-0.3, -0.25) is 4.79 Å². The van der Waals surface area contributed by atoms with E-state index in [2.05, 4.69) is 16.7 Å². The Bertz CT molecular complexity index is 1270. The molecular weight excluding hydrogens is 506 g/mol. The molecule has 0 aliphatic heterocycles. The zero-order chi connectivity index (χ0) is 28.0. The number of alkyl carbamates (subject to hydrolysis) is 1. The highest BCUT2D eigenvalue weighted by Gasteiger charge is 2.42. The standard InChI is InChI=1S/C28H35N3O6S/c1-27(2,3)36-26(33)31-28(16-6-5-7-17-28)25(32)30-23(19-29)18-20-8-10-21(11-9-20)22-12-14-24(15-13-22)37-38(4,34)35/h8-15,23H,5-7,16-18H2,1-4H3,(H,30,32)(H,31,33)/t23-/m0/s1. The van der Waals surface area contributed by atoms with E-state index in [1.54, 1.807) is 45.0 Å². The van der Waals surface area contributed by atoms with Gasteiger partial charge < -0.3 is 19.6 Å². The number of amides is 2. The molecule has 2 aromatic rings. The molecule has 0 bridgehead atoms. The summed E-state index contributed by atoms with van der Waals surface area (Å²) in [4.78, 5) is 25.9. The highest BCUT2D eigenvalue weighted by Crippen LogP contribution is 2.29. The van der Waals surface area contributed by atoms with Crippen molar-refractivity contribution < 1.29 is 26.9 Å². The third kappa shape index (κ3) is 8.48. The number of ether oxygens (including phenoxy) is 1. The van der Waals surface area contributed by atoms with Crippen molar-refractivity contribution >= 4 is 22.1 Å². The summed E-state index contributed by atoms with van der Waals surface area (Å²) in [6.45, 7) is 5.29. The molecule has 204 valence electrons. The average molecular weight is 542 g/mol. The van der Waals surface area contributed by atoms with Gasteiger partial charge in [0, 0.05) is 6.42 Å². The predicted octanol–water partition coefficient (Wildman–Crippen LogP) is 4.47. The number of nitrogens with one attached hydrogen (secondary N) is 2. The summed E-state index contributed by atoms with van der Waals surface area (Å²) in [5, 5.41) is 15.4. The van der Waals surface area contributed by atoms with Crippen LogP contribution in [0.5, 0.6) is 5.75 Å². The van der Waals surface area contributed by atoms with Crippen molar-refractivity contribution in [2.75, 3.05) is 6.26 Å². The van der Waals surface area contributed by atoms with E-state index in [1.165, 1.54) is 0 Å². The van der Waals surface area contributed by atoms with Gasteiger partial charge in [-0.1, -0.05) is 55.7 Å². The molecule has 0 radical (unpaired) electrons. The number of carbonyl (C=O) groups is 2. The highest BCUT2D eigenvalue weighted by atomic mass is 32.2. The van der Waals surface area contributed by atoms with Crippen LogP contribution in [0.4, 0.5) is 4.79 Å². The summed E-state index contributed by atoms with van der Waals surface area (Å²) < 4.78 is 32.8. The topological polar surface area (TPSA) is 135 Å². The summed E-state index contributed by atoms with van der Waals surface area (Å²) in [7, 11) is -3.59. The molecule has 0 saturated heterocycles. The Morgan fingerprint density at radius 2 is 1.55 bits per heavy atom. The van der Waals surface area contributed by atoms with E-state index in [-0.39, 0.29) is 11.7 Å². The Morgan fingerprint density at radius 3 is 2.05 bits per heavy atom. The van der Waals surface area contributed by atoms with Gasteiger partial charge in [0.25, 0.3) is 0 Å². The number of hydrogen-bond acceptors (Lipinski definition) is 7. The predicted molar refractivity (Wildman–Crippen MR) is 144 cm³/mol. The van der Waals surface area contributed by atoms with Crippen LogP contribution in [0.3, 0.4) is 0 Å². The molecule has 0 aromatic heterocycles. The normalized spacial score (nSPS) is 16.0. The van der Waals surface area contributed by atoms with Crippen molar-refractivity contribution in [3.8, 4) is 22.9 Å². The van der Waals surface area contributed by atoms with Gasteiger partial charge in [-0.25, -0.2) is 4.79 Å². The second-order valence-electron chi connectivity index (χ2n) is 10.6. The number of nitriles is 1. The van der Waals surface area contributed by atoms with Crippen LogP contribution in [-0.4, -0.2) is 43.9 Å². The monoisotopic (exact) mass is 541 g/mol. The van der Waals surface area contributed by atoms with Gasteiger partial charge in [0.15, 0.2) is 0 Å². The van der Waals surface area contributed by atoms with Crippen molar-refractivity contribution in [2.45, 2.75) is 76.5 Å². The first-order valence-electron chi connectivity index (χ1n) is 12.6. The van der Waals surface area contributed by atoms with Gasteiger partial charge in [-0.05, 0) is 62.4 Å². The van der Waals surface area contributed by atoms with Crippen molar-refractivity contribution in [3.05, 3.63) is 54.1 Å². The first-order valence-corrected chi connectivity index (χ1v) is 14.4. The maximum absolute atomic E-state index is 13.4. The molecule has 1 atom stereocenters. The minimum Gasteiger partial charge on any atom is -0.444 e. The third-order valence-corrected chi connectivity index (χ3v) is 6.67. The van der Waals surface area contributed by atoms with E-state index in [0.717, 1.165) is 42.2 Å². The van der Waals surface area contributed by atoms with Crippen LogP contribution in [0.15, 0.2) is 48.5 Å². The molecule has 0 spiro atoms. The molecule has 1 aliphatic rings. The summed E-state index contributed by atoms with van der Waals surface area (Å²) in [5.74, 6) is -0.139. The number of benzene rings is 2. The average Bonchev–Trinajstić information content (AvgIpc) is 2.83. The summed E-state index contributed by atoms with van der Waals surface area (Å²) in [6.07, 6.45) is 4.18. The molecule has 2 aromatic carbocycles. The van der Waals surface area contributed by atoms with E-state index in [9.17, 15) is 23.3 Å². The van der Waals surface area contributed by atoms with Crippen LogP contribution in [0.2, 0.25) is 0 Å². The number of rotatable bonds is 8. The Hall–Kier alpha value is -3.58. The van der Waals surface area contributed by atoms with Crippen molar-refractivity contribution in [3.63, 3.8) is 0 Å². The fourth-order valence-electron chi connectivity index (χ4n) is 4.44. The molecule has 10 heteroatoms. The fourth-order valence-corrected chi connectivity index (χ4v) is 4.90. The minimum absolute atomic E-state index is 0.234. The van der Waals surface area contributed by atoms with Crippen LogP contribution in [0.25, 0.3) is 11.1 Å².